The molecule has 2 atom stereocenters. The highest BCUT2D eigenvalue weighted by Gasteiger charge is 2.28. The molecule has 0 spiro atoms. The monoisotopic (exact) mass is 212 g/mol. The molecule has 1 aliphatic heterocycles. The zero-order chi connectivity index (χ0) is 10.8. The summed E-state index contributed by atoms with van der Waals surface area (Å²) in [6.45, 7) is 0.662. The van der Waals surface area contributed by atoms with E-state index in [-0.39, 0.29) is 6.54 Å². The third-order valence-electron chi connectivity index (χ3n) is 2.45. The second kappa shape index (κ2) is 3.98. The number of rotatable bonds is 1. The Morgan fingerprint density at radius 2 is 2.40 bits per heavy atom. The smallest absolute Gasteiger partial charge is 0.227 e. The van der Waals surface area contributed by atoms with Crippen LogP contribution in [0, 0.1) is 0 Å². The first-order chi connectivity index (χ1) is 7.16. The first-order valence-corrected chi connectivity index (χ1v) is 4.82. The van der Waals surface area contributed by atoms with Gasteiger partial charge in [0.05, 0.1) is 12.6 Å². The SMILES string of the molecule is Nc1ccnc(N2CC[C@@H](O)[C@@H](F)C2)n1. The van der Waals surface area contributed by atoms with Crippen LogP contribution in [-0.2, 0) is 0 Å². The molecule has 0 aromatic carbocycles. The van der Waals surface area contributed by atoms with E-state index in [0.29, 0.717) is 24.7 Å². The molecule has 2 rings (SSSR count). The van der Waals surface area contributed by atoms with E-state index in [0.717, 1.165) is 0 Å². The molecule has 5 nitrogen and oxygen atoms in total. The zero-order valence-corrected chi connectivity index (χ0v) is 8.17. The summed E-state index contributed by atoms with van der Waals surface area (Å²) in [5.74, 6) is 0.783. The summed E-state index contributed by atoms with van der Waals surface area (Å²) >= 11 is 0. The maximum Gasteiger partial charge on any atom is 0.227 e. The van der Waals surface area contributed by atoms with Gasteiger partial charge in [0, 0.05) is 12.7 Å². The van der Waals surface area contributed by atoms with Crippen LogP contribution in [0.1, 0.15) is 6.42 Å². The number of hydrogen-bond donors (Lipinski definition) is 2. The van der Waals surface area contributed by atoms with Crippen LogP contribution in [0.2, 0.25) is 0 Å². The highest BCUT2D eigenvalue weighted by Crippen LogP contribution is 2.18. The van der Waals surface area contributed by atoms with Crippen LogP contribution in [0.3, 0.4) is 0 Å². The Kier molecular flexibility index (Phi) is 2.68. The van der Waals surface area contributed by atoms with E-state index in [9.17, 15) is 9.50 Å². The van der Waals surface area contributed by atoms with Crippen molar-refractivity contribution in [2.45, 2.75) is 18.7 Å². The van der Waals surface area contributed by atoms with Crippen LogP contribution in [0.15, 0.2) is 12.3 Å². The van der Waals surface area contributed by atoms with Crippen molar-refractivity contribution in [3.8, 4) is 0 Å². The molecule has 1 aliphatic rings. The number of alkyl halides is 1. The normalized spacial score (nSPS) is 26.7. The van der Waals surface area contributed by atoms with Crippen LogP contribution in [-0.4, -0.2) is 40.4 Å². The van der Waals surface area contributed by atoms with E-state index in [1.807, 2.05) is 0 Å². The first-order valence-electron chi connectivity index (χ1n) is 4.82. The number of anilines is 2. The molecule has 1 aromatic heterocycles. The van der Waals surface area contributed by atoms with E-state index in [2.05, 4.69) is 9.97 Å². The molecule has 15 heavy (non-hydrogen) atoms. The number of nitrogens with two attached hydrogens (primary N) is 1. The molecule has 1 fully saturated rings. The Balaban J connectivity index is 2.12. The zero-order valence-electron chi connectivity index (χ0n) is 8.17. The molecule has 0 bridgehead atoms. The molecule has 0 aliphatic carbocycles. The van der Waals surface area contributed by atoms with E-state index < -0.39 is 12.3 Å². The average Bonchev–Trinajstić information content (AvgIpc) is 2.22. The number of nitrogen functional groups attached to an aromatic ring is 1. The third-order valence-corrected chi connectivity index (χ3v) is 2.45. The number of aromatic nitrogens is 2. The van der Waals surface area contributed by atoms with Gasteiger partial charge in [-0.25, -0.2) is 9.37 Å². The molecule has 1 saturated heterocycles. The summed E-state index contributed by atoms with van der Waals surface area (Å²) in [6, 6.07) is 1.58. The summed E-state index contributed by atoms with van der Waals surface area (Å²) in [5.41, 5.74) is 5.51. The topological polar surface area (TPSA) is 75.3 Å². The molecule has 0 amide bonds. The van der Waals surface area contributed by atoms with Crippen molar-refractivity contribution >= 4 is 11.8 Å². The second-order valence-electron chi connectivity index (χ2n) is 3.60. The van der Waals surface area contributed by atoms with Crippen LogP contribution in [0.25, 0.3) is 0 Å². The van der Waals surface area contributed by atoms with Gasteiger partial charge in [-0.05, 0) is 12.5 Å². The molecule has 1 aromatic rings. The highest BCUT2D eigenvalue weighted by molar-refractivity contribution is 5.38. The van der Waals surface area contributed by atoms with Gasteiger partial charge in [0.15, 0.2) is 0 Å². The molecular formula is C9H13FN4O. The fourth-order valence-electron chi connectivity index (χ4n) is 1.59. The number of halogens is 1. The predicted molar refractivity (Wildman–Crippen MR) is 54.2 cm³/mol. The Bertz CT molecular complexity index is 349. The predicted octanol–water partition coefficient (Wildman–Crippen LogP) is -0.0321. The van der Waals surface area contributed by atoms with Crippen LogP contribution in [0.4, 0.5) is 16.2 Å². The number of nitrogens with zero attached hydrogens (tertiary/aromatic N) is 3. The molecule has 0 radical (unpaired) electrons. The van der Waals surface area contributed by atoms with E-state index in [1.165, 1.54) is 6.20 Å². The summed E-state index contributed by atoms with van der Waals surface area (Å²) in [6.07, 6.45) is -0.194. The van der Waals surface area contributed by atoms with Crippen LogP contribution >= 0.6 is 0 Å². The van der Waals surface area contributed by atoms with Crippen molar-refractivity contribution in [2.75, 3.05) is 23.7 Å². The molecule has 6 heteroatoms. The van der Waals surface area contributed by atoms with Gasteiger partial charge in [0.25, 0.3) is 0 Å². The molecular weight excluding hydrogens is 199 g/mol. The van der Waals surface area contributed by atoms with Crippen LogP contribution in [0.5, 0.6) is 0 Å². The average molecular weight is 212 g/mol. The molecule has 2 heterocycles. The Morgan fingerprint density at radius 1 is 1.60 bits per heavy atom. The second-order valence-corrected chi connectivity index (χ2v) is 3.60. The number of hydrogen-bond acceptors (Lipinski definition) is 5. The standard InChI is InChI=1S/C9H13FN4O/c10-6-5-14(4-2-7(6)15)9-12-3-1-8(11)13-9/h1,3,6-7,15H,2,4-5H2,(H2,11,12,13)/t6-,7+/m0/s1. The number of piperidine rings is 1. The lowest BCUT2D eigenvalue weighted by Crippen LogP contribution is -2.45. The minimum atomic E-state index is -1.25. The van der Waals surface area contributed by atoms with Gasteiger partial charge in [-0.3, -0.25) is 0 Å². The third kappa shape index (κ3) is 2.15. The first kappa shape index (κ1) is 10.1. The number of aliphatic hydroxyl groups is 1. The molecule has 0 saturated carbocycles. The Labute approximate surface area is 86.7 Å². The van der Waals surface area contributed by atoms with Crippen molar-refractivity contribution in [1.82, 2.24) is 9.97 Å². The summed E-state index contributed by atoms with van der Waals surface area (Å²) in [7, 11) is 0. The number of aliphatic hydroxyl groups excluding tert-OH is 1. The minimum absolute atomic E-state index is 0.116. The van der Waals surface area contributed by atoms with E-state index >= 15 is 0 Å². The van der Waals surface area contributed by atoms with Gasteiger partial charge in [-0.15, -0.1) is 0 Å². The van der Waals surface area contributed by atoms with Gasteiger partial charge < -0.3 is 15.7 Å². The van der Waals surface area contributed by atoms with E-state index in [1.54, 1.807) is 11.0 Å². The van der Waals surface area contributed by atoms with Gasteiger partial charge >= 0.3 is 0 Å². The lowest BCUT2D eigenvalue weighted by Gasteiger charge is -2.32. The van der Waals surface area contributed by atoms with Crippen molar-refractivity contribution < 1.29 is 9.50 Å². The van der Waals surface area contributed by atoms with E-state index in [4.69, 9.17) is 5.73 Å². The minimum Gasteiger partial charge on any atom is -0.390 e. The van der Waals surface area contributed by atoms with Crippen molar-refractivity contribution in [3.05, 3.63) is 12.3 Å². The summed E-state index contributed by atoms with van der Waals surface area (Å²) < 4.78 is 13.2. The van der Waals surface area contributed by atoms with Gasteiger partial charge in [-0.2, -0.15) is 4.98 Å². The highest BCUT2D eigenvalue weighted by atomic mass is 19.1. The Hall–Kier alpha value is -1.43. The maximum absolute atomic E-state index is 13.2. The van der Waals surface area contributed by atoms with Crippen molar-refractivity contribution in [1.29, 1.82) is 0 Å². The fourth-order valence-corrected chi connectivity index (χ4v) is 1.59. The Morgan fingerprint density at radius 3 is 3.07 bits per heavy atom. The fraction of sp³-hybridized carbons (Fsp3) is 0.556. The molecule has 3 N–H and O–H groups in total. The largest absolute Gasteiger partial charge is 0.390 e. The van der Waals surface area contributed by atoms with Gasteiger partial charge in [0.1, 0.15) is 12.0 Å². The molecule has 82 valence electrons. The van der Waals surface area contributed by atoms with Gasteiger partial charge in [-0.1, -0.05) is 0 Å². The van der Waals surface area contributed by atoms with Crippen molar-refractivity contribution in [3.63, 3.8) is 0 Å². The summed E-state index contributed by atoms with van der Waals surface area (Å²) in [5, 5.41) is 9.23. The molecule has 0 unspecified atom stereocenters. The lowest BCUT2D eigenvalue weighted by atomic mass is 10.1. The lowest BCUT2D eigenvalue weighted by molar-refractivity contribution is 0.0612. The van der Waals surface area contributed by atoms with Crippen molar-refractivity contribution in [2.24, 2.45) is 0 Å². The van der Waals surface area contributed by atoms with Gasteiger partial charge in [0.2, 0.25) is 5.95 Å². The van der Waals surface area contributed by atoms with Crippen LogP contribution < -0.4 is 10.6 Å². The maximum atomic E-state index is 13.2. The quantitative estimate of drug-likeness (QED) is 0.683. The summed E-state index contributed by atoms with van der Waals surface area (Å²) in [4.78, 5) is 9.70.